The molecule has 0 amide bonds. The van der Waals surface area contributed by atoms with E-state index in [1.807, 2.05) is 42.6 Å². The molecule has 233 valence electrons. The molecule has 46 heavy (non-hydrogen) atoms. The van der Waals surface area contributed by atoms with Crippen molar-refractivity contribution in [1.29, 1.82) is 0 Å². The SMILES string of the molecule is C[Si](C)(C)c1ccc(-c2[c-]cccc2)nc1.Cc1cc(C)c(-c2ccnc(-c3[c-]ccc4c3oc3nccc(F)c34)c2)c(C)c1.[Ir]. The van der Waals surface area contributed by atoms with E-state index in [0.29, 0.717) is 21.9 Å². The first-order chi connectivity index (χ1) is 21.6. The fraction of sp³-hybridized carbons (Fsp3) is 0.154. The number of rotatable bonds is 4. The monoisotopic (exact) mass is 800 g/mol. The van der Waals surface area contributed by atoms with Gasteiger partial charge >= 0.3 is 0 Å². The van der Waals surface area contributed by atoms with Gasteiger partial charge in [-0.3, -0.25) is 0 Å². The van der Waals surface area contributed by atoms with E-state index in [1.54, 1.807) is 18.3 Å². The minimum absolute atomic E-state index is 0. The van der Waals surface area contributed by atoms with Crippen molar-refractivity contribution < 1.29 is 28.9 Å². The summed E-state index contributed by atoms with van der Waals surface area (Å²) in [5, 5.41) is 2.46. The average Bonchev–Trinajstić information content (AvgIpc) is 3.41. The van der Waals surface area contributed by atoms with Crippen LogP contribution in [0.4, 0.5) is 4.39 Å². The van der Waals surface area contributed by atoms with E-state index in [9.17, 15) is 4.39 Å². The van der Waals surface area contributed by atoms with Gasteiger partial charge in [0, 0.05) is 38.7 Å². The summed E-state index contributed by atoms with van der Waals surface area (Å²) in [6.45, 7) is 13.3. The molecule has 0 atom stereocenters. The summed E-state index contributed by atoms with van der Waals surface area (Å²) in [5.74, 6) is -0.349. The summed E-state index contributed by atoms with van der Waals surface area (Å²) in [6, 6.07) is 32.0. The summed E-state index contributed by atoms with van der Waals surface area (Å²) in [4.78, 5) is 13.2. The molecule has 4 heterocycles. The molecule has 0 aliphatic carbocycles. The number of hydrogen-bond donors (Lipinski definition) is 0. The Bertz CT molecular complexity index is 2120. The van der Waals surface area contributed by atoms with Crippen LogP contribution in [0.15, 0.2) is 102 Å². The number of hydrogen-bond acceptors (Lipinski definition) is 4. The second-order valence-electron chi connectivity index (χ2n) is 12.3. The Morgan fingerprint density at radius 2 is 1.52 bits per heavy atom. The van der Waals surface area contributed by atoms with Crippen molar-refractivity contribution in [3.63, 3.8) is 0 Å². The Balaban J connectivity index is 0.000000209. The first kappa shape index (κ1) is 33.1. The molecule has 0 aliphatic heterocycles. The predicted octanol–water partition coefficient (Wildman–Crippen LogP) is 9.67. The minimum atomic E-state index is -1.23. The average molecular weight is 800 g/mol. The molecule has 0 fully saturated rings. The molecule has 0 aliphatic rings. The Morgan fingerprint density at radius 1 is 0.761 bits per heavy atom. The van der Waals surface area contributed by atoms with Gasteiger partial charge < -0.3 is 14.4 Å². The molecule has 3 aromatic carbocycles. The van der Waals surface area contributed by atoms with Crippen LogP contribution in [0, 0.1) is 38.7 Å². The molecule has 0 unspecified atom stereocenters. The maximum Gasteiger partial charge on any atom is 0.219 e. The molecule has 4 aromatic heterocycles. The number of halogens is 1. The summed E-state index contributed by atoms with van der Waals surface area (Å²) < 4.78 is 20.3. The molecule has 0 saturated heterocycles. The Morgan fingerprint density at radius 3 is 2.20 bits per heavy atom. The van der Waals surface area contributed by atoms with E-state index in [1.165, 1.54) is 39.7 Å². The fourth-order valence-corrected chi connectivity index (χ4v) is 6.76. The zero-order valence-electron chi connectivity index (χ0n) is 26.7. The summed E-state index contributed by atoms with van der Waals surface area (Å²) in [5.41, 5.74) is 10.3. The Hall–Kier alpha value is -4.29. The number of pyridine rings is 3. The number of furan rings is 1. The van der Waals surface area contributed by atoms with Gasteiger partial charge in [0.2, 0.25) is 5.71 Å². The van der Waals surface area contributed by atoms with Crippen LogP contribution in [0.3, 0.4) is 0 Å². The molecule has 4 nitrogen and oxygen atoms in total. The van der Waals surface area contributed by atoms with Crippen LogP contribution in [0.5, 0.6) is 0 Å². The number of aryl methyl sites for hydroxylation is 3. The summed E-state index contributed by atoms with van der Waals surface area (Å²) >= 11 is 0. The smallest absolute Gasteiger partial charge is 0.219 e. The summed E-state index contributed by atoms with van der Waals surface area (Å²) in [6.07, 6.45) is 5.21. The van der Waals surface area contributed by atoms with Crippen molar-refractivity contribution in [2.45, 2.75) is 40.4 Å². The van der Waals surface area contributed by atoms with E-state index in [4.69, 9.17) is 4.42 Å². The van der Waals surface area contributed by atoms with E-state index < -0.39 is 8.07 Å². The van der Waals surface area contributed by atoms with Gasteiger partial charge in [-0.1, -0.05) is 66.5 Å². The topological polar surface area (TPSA) is 51.8 Å². The molecule has 7 rings (SSSR count). The van der Waals surface area contributed by atoms with Gasteiger partial charge in [0.1, 0.15) is 5.82 Å². The molecular weight excluding hydrogens is 766 g/mol. The zero-order chi connectivity index (χ0) is 31.7. The molecule has 7 aromatic rings. The van der Waals surface area contributed by atoms with Gasteiger partial charge in [-0.15, -0.1) is 54.1 Å². The molecule has 0 bridgehead atoms. The summed E-state index contributed by atoms with van der Waals surface area (Å²) in [7, 11) is -1.23. The fourth-order valence-electron chi connectivity index (χ4n) is 5.72. The number of aromatic nitrogens is 3. The van der Waals surface area contributed by atoms with Crippen molar-refractivity contribution >= 4 is 35.3 Å². The van der Waals surface area contributed by atoms with E-state index in [2.05, 4.69) is 91.8 Å². The number of nitrogens with zero attached hydrogens (tertiary/aromatic N) is 3. The third-order valence-electron chi connectivity index (χ3n) is 7.88. The largest absolute Gasteiger partial charge is 0.486 e. The van der Waals surface area contributed by atoms with Gasteiger partial charge in [-0.25, -0.2) is 9.37 Å². The van der Waals surface area contributed by atoms with Crippen molar-refractivity contribution in [3.05, 3.63) is 132 Å². The zero-order valence-corrected chi connectivity index (χ0v) is 30.1. The van der Waals surface area contributed by atoms with Crippen LogP contribution in [-0.4, -0.2) is 23.0 Å². The maximum atomic E-state index is 14.4. The van der Waals surface area contributed by atoms with Crippen LogP contribution in [0.1, 0.15) is 16.7 Å². The maximum absolute atomic E-state index is 14.4. The second-order valence-corrected chi connectivity index (χ2v) is 17.4. The Labute approximate surface area is 284 Å². The normalized spacial score (nSPS) is 11.2. The van der Waals surface area contributed by atoms with Crippen molar-refractivity contribution in [2.75, 3.05) is 0 Å². The minimum Gasteiger partial charge on any atom is -0.486 e. The molecule has 7 heteroatoms. The quantitative estimate of drug-likeness (QED) is 0.132. The van der Waals surface area contributed by atoms with Crippen LogP contribution in [0.2, 0.25) is 19.6 Å². The molecule has 0 spiro atoms. The van der Waals surface area contributed by atoms with Crippen LogP contribution in [0.25, 0.3) is 55.7 Å². The van der Waals surface area contributed by atoms with Crippen molar-refractivity contribution in [1.82, 2.24) is 15.0 Å². The first-order valence-corrected chi connectivity index (χ1v) is 18.5. The van der Waals surface area contributed by atoms with E-state index in [-0.39, 0.29) is 31.6 Å². The van der Waals surface area contributed by atoms with Gasteiger partial charge in [-0.05, 0) is 71.7 Å². The van der Waals surface area contributed by atoms with Crippen molar-refractivity contribution in [2.24, 2.45) is 0 Å². The van der Waals surface area contributed by atoms with Crippen LogP contribution < -0.4 is 5.19 Å². The third kappa shape index (κ3) is 6.77. The second kappa shape index (κ2) is 13.6. The van der Waals surface area contributed by atoms with Crippen LogP contribution >= 0.6 is 0 Å². The molecule has 0 saturated carbocycles. The van der Waals surface area contributed by atoms with Crippen molar-refractivity contribution in [3.8, 4) is 33.6 Å². The molecule has 0 N–H and O–H groups in total. The standard InChI is InChI=1S/C25H18FN2O.C14H16NSi.Ir/c1-14-11-15(2)22(16(3)12-14)17-7-9-27-21(13-17)18-5-4-6-19-23-20(26)8-10-28-25(23)29-24(18)19;1-16(2,3)13-9-10-14(15-11-13)12-7-5-4-6-8-12;/h4,6-13H,1-3H3;4-7,9-11H,1-3H3;/q2*-1;. The first-order valence-electron chi connectivity index (χ1n) is 15.0. The number of fused-ring (bicyclic) bond motifs is 3. The third-order valence-corrected chi connectivity index (χ3v) is 9.91. The van der Waals surface area contributed by atoms with E-state index >= 15 is 0 Å². The van der Waals surface area contributed by atoms with Gasteiger partial charge in [0.05, 0.1) is 19.0 Å². The Kier molecular flexibility index (Phi) is 9.78. The van der Waals surface area contributed by atoms with Gasteiger partial charge in [0.25, 0.3) is 0 Å². The molecular formula is C39H34FIrN3OSi-2. The molecule has 1 radical (unpaired) electrons. The number of benzene rings is 3. The van der Waals surface area contributed by atoms with Gasteiger partial charge in [-0.2, -0.15) is 0 Å². The van der Waals surface area contributed by atoms with Gasteiger partial charge in [0.15, 0.2) is 0 Å². The van der Waals surface area contributed by atoms with E-state index in [0.717, 1.165) is 22.5 Å². The predicted molar refractivity (Wildman–Crippen MR) is 185 cm³/mol. The van der Waals surface area contributed by atoms with Crippen LogP contribution in [-0.2, 0) is 20.1 Å².